The third-order valence-electron chi connectivity index (χ3n) is 4.22. The molecule has 0 saturated heterocycles. The summed E-state index contributed by atoms with van der Waals surface area (Å²) in [5, 5.41) is 0.598. The zero-order valence-electron chi connectivity index (χ0n) is 13.2. The van der Waals surface area contributed by atoms with Crippen LogP contribution < -0.4 is 0 Å². The van der Waals surface area contributed by atoms with Crippen LogP contribution in [-0.4, -0.2) is 11.8 Å². The minimum absolute atomic E-state index is 0.00977. The lowest BCUT2D eigenvalue weighted by Gasteiger charge is -2.07. The van der Waals surface area contributed by atoms with Crippen molar-refractivity contribution in [2.75, 3.05) is 0 Å². The van der Waals surface area contributed by atoms with Crippen LogP contribution in [0.3, 0.4) is 0 Å². The summed E-state index contributed by atoms with van der Waals surface area (Å²) in [5.41, 5.74) is 4.16. The first kappa shape index (κ1) is 15.6. The number of carbonyl (C=O) groups excluding carboxylic acids is 2. The molecule has 0 atom stereocenters. The van der Waals surface area contributed by atoms with Gasteiger partial charge in [-0.05, 0) is 47.0 Å². The number of benzene rings is 3. The molecule has 0 bridgehead atoms. The van der Waals surface area contributed by atoms with E-state index in [2.05, 4.69) is 0 Å². The zero-order valence-corrected chi connectivity index (χ0v) is 13.9. The van der Waals surface area contributed by atoms with Crippen molar-refractivity contribution in [3.05, 3.63) is 94.0 Å². The van der Waals surface area contributed by atoms with E-state index in [-0.39, 0.29) is 12.4 Å². The van der Waals surface area contributed by atoms with Crippen molar-refractivity contribution < 1.29 is 14.3 Å². The highest BCUT2D eigenvalue weighted by Crippen LogP contribution is 2.36. The average molecular weight is 349 g/mol. The number of esters is 1. The van der Waals surface area contributed by atoms with Crippen LogP contribution in [0.2, 0.25) is 5.02 Å². The monoisotopic (exact) mass is 348 g/mol. The van der Waals surface area contributed by atoms with Gasteiger partial charge in [0.15, 0.2) is 5.78 Å². The van der Waals surface area contributed by atoms with E-state index < -0.39 is 5.97 Å². The van der Waals surface area contributed by atoms with Crippen molar-refractivity contribution in [2.45, 2.75) is 6.61 Å². The molecule has 1 aliphatic carbocycles. The fourth-order valence-electron chi connectivity index (χ4n) is 3.01. The quantitative estimate of drug-likeness (QED) is 0.494. The molecule has 0 N–H and O–H groups in total. The molecule has 3 aromatic rings. The van der Waals surface area contributed by atoms with Gasteiger partial charge in [0.2, 0.25) is 0 Å². The van der Waals surface area contributed by atoms with Gasteiger partial charge in [0, 0.05) is 16.1 Å². The molecule has 0 aromatic heterocycles. The van der Waals surface area contributed by atoms with E-state index in [0.29, 0.717) is 21.7 Å². The Morgan fingerprint density at radius 3 is 2.40 bits per heavy atom. The van der Waals surface area contributed by atoms with Crippen LogP contribution in [-0.2, 0) is 11.3 Å². The molecular formula is C21H13ClO3. The lowest BCUT2D eigenvalue weighted by Crippen LogP contribution is -2.06. The molecule has 3 aromatic carbocycles. The Kier molecular flexibility index (Phi) is 3.86. The first-order chi connectivity index (χ1) is 12.1. The van der Waals surface area contributed by atoms with Gasteiger partial charge in [0.05, 0.1) is 5.56 Å². The van der Waals surface area contributed by atoms with Gasteiger partial charge in [0.25, 0.3) is 0 Å². The molecule has 0 amide bonds. The van der Waals surface area contributed by atoms with Gasteiger partial charge in [-0.2, -0.15) is 0 Å². The second-order valence-corrected chi connectivity index (χ2v) is 6.28. The predicted octanol–water partition coefficient (Wildman–Crippen LogP) is 4.91. The molecule has 4 rings (SSSR count). The molecule has 0 radical (unpaired) electrons. The number of rotatable bonds is 3. The molecule has 1 aliphatic rings. The van der Waals surface area contributed by atoms with Crippen molar-refractivity contribution in [2.24, 2.45) is 0 Å². The maximum Gasteiger partial charge on any atom is 0.338 e. The Bertz CT molecular complexity index is 1010. The molecule has 0 fully saturated rings. The summed E-state index contributed by atoms with van der Waals surface area (Å²) in [6.07, 6.45) is 0. The number of ether oxygens (including phenoxy) is 1. The number of hydrogen-bond acceptors (Lipinski definition) is 3. The van der Waals surface area contributed by atoms with Crippen LogP contribution >= 0.6 is 11.6 Å². The lowest BCUT2D eigenvalue weighted by atomic mass is 10.0. The molecule has 0 spiro atoms. The van der Waals surface area contributed by atoms with Crippen LogP contribution in [0, 0.1) is 0 Å². The summed E-state index contributed by atoms with van der Waals surface area (Å²) >= 11 is 5.93. The molecular weight excluding hydrogens is 336 g/mol. The van der Waals surface area contributed by atoms with Gasteiger partial charge in [-0.15, -0.1) is 0 Å². The second kappa shape index (κ2) is 6.19. The van der Waals surface area contributed by atoms with Crippen molar-refractivity contribution in [3.63, 3.8) is 0 Å². The molecule has 0 saturated carbocycles. The third-order valence-corrected chi connectivity index (χ3v) is 4.46. The summed E-state index contributed by atoms with van der Waals surface area (Å²) in [6.45, 7) is 0.145. The molecule has 4 heteroatoms. The average Bonchev–Trinajstić information content (AvgIpc) is 2.92. The summed E-state index contributed by atoms with van der Waals surface area (Å²) < 4.78 is 5.36. The van der Waals surface area contributed by atoms with Gasteiger partial charge in [0.1, 0.15) is 6.61 Å². The largest absolute Gasteiger partial charge is 0.457 e. The van der Waals surface area contributed by atoms with Crippen LogP contribution in [0.15, 0.2) is 66.7 Å². The second-order valence-electron chi connectivity index (χ2n) is 5.84. The van der Waals surface area contributed by atoms with E-state index in [4.69, 9.17) is 16.3 Å². The standard InChI is InChI=1S/C21H13ClO3/c22-15-5-3-4-13(10-15)12-25-21(24)14-8-9-18-19(11-14)16-6-1-2-7-17(16)20(18)23/h1-11H,12H2. The van der Waals surface area contributed by atoms with Crippen molar-refractivity contribution in [1.29, 1.82) is 0 Å². The molecule has 0 heterocycles. The minimum atomic E-state index is -0.431. The predicted molar refractivity (Wildman–Crippen MR) is 95.9 cm³/mol. The Morgan fingerprint density at radius 1 is 0.840 bits per heavy atom. The van der Waals surface area contributed by atoms with E-state index >= 15 is 0 Å². The SMILES string of the molecule is O=C(OCc1cccc(Cl)c1)c1ccc2c(c1)-c1ccccc1C2=O. The van der Waals surface area contributed by atoms with Crippen molar-refractivity contribution >= 4 is 23.4 Å². The van der Waals surface area contributed by atoms with Crippen molar-refractivity contribution in [3.8, 4) is 11.1 Å². The van der Waals surface area contributed by atoms with Gasteiger partial charge >= 0.3 is 5.97 Å². The molecule has 25 heavy (non-hydrogen) atoms. The summed E-state index contributed by atoms with van der Waals surface area (Å²) in [4.78, 5) is 24.7. The maximum atomic E-state index is 12.4. The van der Waals surface area contributed by atoms with E-state index in [1.54, 1.807) is 36.4 Å². The highest BCUT2D eigenvalue weighted by molar-refractivity contribution is 6.30. The number of carbonyl (C=O) groups is 2. The summed E-state index contributed by atoms with van der Waals surface area (Å²) in [7, 11) is 0. The van der Waals surface area contributed by atoms with E-state index in [0.717, 1.165) is 16.7 Å². The molecule has 0 aliphatic heterocycles. The number of hydrogen-bond donors (Lipinski definition) is 0. The van der Waals surface area contributed by atoms with Crippen LogP contribution in [0.4, 0.5) is 0 Å². The van der Waals surface area contributed by atoms with Crippen LogP contribution in [0.25, 0.3) is 11.1 Å². The molecule has 0 unspecified atom stereocenters. The highest BCUT2D eigenvalue weighted by atomic mass is 35.5. The van der Waals surface area contributed by atoms with Crippen LogP contribution in [0.5, 0.6) is 0 Å². The normalized spacial score (nSPS) is 11.8. The first-order valence-electron chi connectivity index (χ1n) is 7.83. The van der Waals surface area contributed by atoms with Gasteiger partial charge in [-0.25, -0.2) is 4.79 Å². The minimum Gasteiger partial charge on any atom is -0.457 e. The number of ketones is 1. The third kappa shape index (κ3) is 2.83. The van der Waals surface area contributed by atoms with Gasteiger partial charge < -0.3 is 4.74 Å². The summed E-state index contributed by atoms with van der Waals surface area (Å²) in [6, 6.07) is 19.6. The fraction of sp³-hybridized carbons (Fsp3) is 0.0476. The molecule has 3 nitrogen and oxygen atoms in total. The Balaban J connectivity index is 1.59. The van der Waals surface area contributed by atoms with Gasteiger partial charge in [-0.3, -0.25) is 4.79 Å². The van der Waals surface area contributed by atoms with E-state index in [1.807, 2.05) is 30.3 Å². The fourth-order valence-corrected chi connectivity index (χ4v) is 3.22. The van der Waals surface area contributed by atoms with E-state index in [9.17, 15) is 9.59 Å². The Hall–Kier alpha value is -2.91. The maximum absolute atomic E-state index is 12.4. The number of fused-ring (bicyclic) bond motifs is 3. The summed E-state index contributed by atoms with van der Waals surface area (Å²) in [5.74, 6) is -0.441. The number of halogens is 1. The molecule has 122 valence electrons. The smallest absolute Gasteiger partial charge is 0.338 e. The first-order valence-corrected chi connectivity index (χ1v) is 8.21. The highest BCUT2D eigenvalue weighted by Gasteiger charge is 2.27. The lowest BCUT2D eigenvalue weighted by molar-refractivity contribution is 0.0472. The van der Waals surface area contributed by atoms with Crippen LogP contribution in [0.1, 0.15) is 31.8 Å². The van der Waals surface area contributed by atoms with Gasteiger partial charge in [-0.1, -0.05) is 48.0 Å². The topological polar surface area (TPSA) is 43.4 Å². The van der Waals surface area contributed by atoms with Crippen molar-refractivity contribution in [1.82, 2.24) is 0 Å². The Labute approximate surface area is 149 Å². The zero-order chi connectivity index (χ0) is 17.4. The van der Waals surface area contributed by atoms with E-state index in [1.165, 1.54) is 0 Å². The Morgan fingerprint density at radius 2 is 1.60 bits per heavy atom.